The molecule has 0 aromatic heterocycles. The van der Waals surface area contributed by atoms with Crippen LogP contribution in [0, 0.1) is 0 Å². The number of aryl methyl sites for hydroxylation is 2. The fraction of sp³-hybridized carbons (Fsp3) is 0.333. The van der Waals surface area contributed by atoms with Crippen molar-refractivity contribution in [3.63, 3.8) is 0 Å². The molecule has 0 amide bonds. The van der Waals surface area contributed by atoms with Crippen molar-refractivity contribution < 1.29 is 0 Å². The van der Waals surface area contributed by atoms with Crippen LogP contribution in [0.1, 0.15) is 98.6 Å². The fourth-order valence-electron chi connectivity index (χ4n) is 8.00. The van der Waals surface area contributed by atoms with Gasteiger partial charge in [-0.3, -0.25) is 0 Å². The Bertz CT molecular complexity index is 1500. The summed E-state index contributed by atoms with van der Waals surface area (Å²) in [4.78, 5) is 0. The van der Waals surface area contributed by atoms with Crippen molar-refractivity contribution >= 4 is 21.7 Å². The van der Waals surface area contributed by atoms with Crippen molar-refractivity contribution in [2.75, 3.05) is 0 Å². The third-order valence-corrected chi connectivity index (χ3v) is 12.0. The van der Waals surface area contributed by atoms with Gasteiger partial charge in [0.25, 0.3) is 0 Å². The standard InChI is InChI=1S/C42H48Si/c1-5-15-31-21-23-35-37(41(31)33-17-11-9-12-18-33)25-29(7-3)39(35)27-43-28-40-30(8-4)26-38-36(40)24-22-32(16-6-2)42(38)34-19-13-10-14-20-34/h9-14,17-26,39-40H,5-8,15-16,27-28,43H2,1-4H3. The Hall–Kier alpha value is -3.42. The van der Waals surface area contributed by atoms with E-state index in [0.717, 1.165) is 25.7 Å². The van der Waals surface area contributed by atoms with E-state index in [2.05, 4.69) is 125 Å². The molecule has 0 spiro atoms. The van der Waals surface area contributed by atoms with Crippen LogP contribution in [0.25, 0.3) is 34.4 Å². The van der Waals surface area contributed by atoms with Gasteiger partial charge in [-0.1, -0.05) is 161 Å². The van der Waals surface area contributed by atoms with Crippen molar-refractivity contribution in [1.29, 1.82) is 0 Å². The molecule has 6 rings (SSSR count). The smallest absolute Gasteiger partial charge is 0.0218 e. The third kappa shape index (κ3) is 5.77. The molecule has 0 fully saturated rings. The average molecular weight is 581 g/mol. The number of benzene rings is 4. The lowest BCUT2D eigenvalue weighted by Gasteiger charge is -2.21. The van der Waals surface area contributed by atoms with Crippen LogP contribution in [-0.2, 0) is 12.8 Å². The Balaban J connectivity index is 1.28. The summed E-state index contributed by atoms with van der Waals surface area (Å²) in [5.41, 5.74) is 18.3. The van der Waals surface area contributed by atoms with Crippen LogP contribution in [0.15, 0.2) is 96.1 Å². The average Bonchev–Trinajstić information content (AvgIpc) is 3.59. The van der Waals surface area contributed by atoms with Crippen LogP contribution in [0.2, 0.25) is 12.1 Å². The molecule has 4 aromatic rings. The maximum atomic E-state index is 2.58. The van der Waals surface area contributed by atoms with E-state index in [4.69, 9.17) is 0 Å². The number of allylic oxidation sites excluding steroid dienone is 2. The Kier molecular flexibility index (Phi) is 9.29. The summed E-state index contributed by atoms with van der Waals surface area (Å²) in [6.07, 6.45) is 12.1. The van der Waals surface area contributed by atoms with E-state index in [1.807, 2.05) is 0 Å². The van der Waals surface area contributed by atoms with Crippen LogP contribution in [0.3, 0.4) is 0 Å². The molecule has 2 aliphatic carbocycles. The predicted octanol–water partition coefficient (Wildman–Crippen LogP) is 11.4. The van der Waals surface area contributed by atoms with Crippen molar-refractivity contribution in [1.82, 2.24) is 0 Å². The Labute approximate surface area is 262 Å². The third-order valence-electron chi connectivity index (χ3n) is 10.0. The molecule has 4 aromatic carbocycles. The molecular weight excluding hydrogens is 533 g/mol. The van der Waals surface area contributed by atoms with E-state index in [9.17, 15) is 0 Å². The maximum absolute atomic E-state index is 2.58. The van der Waals surface area contributed by atoms with Gasteiger partial charge in [-0.15, -0.1) is 0 Å². The second-order valence-corrected chi connectivity index (χ2v) is 14.5. The van der Waals surface area contributed by atoms with Gasteiger partial charge in [0.05, 0.1) is 0 Å². The first-order valence-corrected chi connectivity index (χ1v) is 19.0. The summed E-state index contributed by atoms with van der Waals surface area (Å²) in [6, 6.07) is 34.9. The molecule has 2 aliphatic rings. The van der Waals surface area contributed by atoms with Crippen LogP contribution in [0.5, 0.6) is 0 Å². The Morgan fingerprint density at radius 2 is 0.930 bits per heavy atom. The highest BCUT2D eigenvalue weighted by Crippen LogP contribution is 2.48. The number of hydrogen-bond donors (Lipinski definition) is 0. The lowest BCUT2D eigenvalue weighted by molar-refractivity contribution is 0.828. The second kappa shape index (κ2) is 13.5. The molecule has 0 radical (unpaired) electrons. The first-order valence-electron chi connectivity index (χ1n) is 17.0. The first kappa shape index (κ1) is 29.6. The zero-order valence-corrected chi connectivity index (χ0v) is 28.2. The van der Waals surface area contributed by atoms with Gasteiger partial charge in [0.15, 0.2) is 0 Å². The van der Waals surface area contributed by atoms with E-state index >= 15 is 0 Å². The number of fused-ring (bicyclic) bond motifs is 2. The summed E-state index contributed by atoms with van der Waals surface area (Å²) >= 11 is 0. The molecule has 0 heterocycles. The quantitative estimate of drug-likeness (QED) is 0.146. The highest BCUT2D eigenvalue weighted by molar-refractivity contribution is 6.36. The largest absolute Gasteiger partial charge is 0.0651 e. The van der Waals surface area contributed by atoms with Crippen molar-refractivity contribution in [3.05, 3.63) is 129 Å². The zero-order chi connectivity index (χ0) is 29.8. The van der Waals surface area contributed by atoms with Crippen molar-refractivity contribution in [3.8, 4) is 22.3 Å². The maximum Gasteiger partial charge on any atom is 0.0218 e. The highest BCUT2D eigenvalue weighted by Gasteiger charge is 2.30. The minimum absolute atomic E-state index is 0.279. The van der Waals surface area contributed by atoms with Gasteiger partial charge in [0.2, 0.25) is 0 Å². The normalized spacial score (nSPS) is 17.3. The van der Waals surface area contributed by atoms with E-state index in [1.54, 1.807) is 22.3 Å². The summed E-state index contributed by atoms with van der Waals surface area (Å²) in [5, 5.41) is 0. The lowest BCUT2D eigenvalue weighted by atomic mass is 9.88. The van der Waals surface area contributed by atoms with Gasteiger partial charge in [-0.25, -0.2) is 0 Å². The second-order valence-electron chi connectivity index (χ2n) is 12.6. The molecule has 2 unspecified atom stereocenters. The number of hydrogen-bond acceptors (Lipinski definition) is 0. The molecule has 0 saturated heterocycles. The van der Waals surface area contributed by atoms with E-state index in [-0.39, 0.29) is 9.52 Å². The monoisotopic (exact) mass is 580 g/mol. The molecular formula is C42H48Si. The van der Waals surface area contributed by atoms with Crippen LogP contribution in [0.4, 0.5) is 0 Å². The van der Waals surface area contributed by atoms with Gasteiger partial charge < -0.3 is 0 Å². The fourth-order valence-corrected chi connectivity index (χ4v) is 10.4. The summed E-state index contributed by atoms with van der Waals surface area (Å²) in [7, 11) is -0.279. The first-order chi connectivity index (χ1) is 21.2. The molecule has 2 atom stereocenters. The minimum Gasteiger partial charge on any atom is -0.0651 e. The van der Waals surface area contributed by atoms with E-state index in [1.165, 1.54) is 69.4 Å². The lowest BCUT2D eigenvalue weighted by Crippen LogP contribution is -2.08. The zero-order valence-electron chi connectivity index (χ0n) is 26.8. The topological polar surface area (TPSA) is 0 Å². The summed E-state index contributed by atoms with van der Waals surface area (Å²) < 4.78 is 0. The predicted molar refractivity (Wildman–Crippen MR) is 192 cm³/mol. The van der Waals surface area contributed by atoms with Gasteiger partial charge >= 0.3 is 0 Å². The molecule has 220 valence electrons. The minimum atomic E-state index is -0.279. The van der Waals surface area contributed by atoms with Crippen molar-refractivity contribution in [2.45, 2.75) is 90.1 Å². The molecule has 0 bridgehead atoms. The van der Waals surface area contributed by atoms with Gasteiger partial charge in [-0.2, -0.15) is 0 Å². The molecule has 0 nitrogen and oxygen atoms in total. The molecule has 43 heavy (non-hydrogen) atoms. The molecule has 0 saturated carbocycles. The molecule has 0 aliphatic heterocycles. The van der Waals surface area contributed by atoms with Crippen LogP contribution < -0.4 is 0 Å². The van der Waals surface area contributed by atoms with E-state index < -0.39 is 0 Å². The van der Waals surface area contributed by atoms with Crippen LogP contribution in [-0.4, -0.2) is 9.52 Å². The van der Waals surface area contributed by atoms with Gasteiger partial charge in [-0.05, 0) is 81.3 Å². The molecule has 1 heteroatoms. The SMILES string of the molecule is CCCc1ccc2c(c1-c1ccccc1)C=C(CC)C2C[SiH2]CC1C(CC)=Cc2c1ccc(CCC)c2-c1ccccc1. The summed E-state index contributed by atoms with van der Waals surface area (Å²) in [5.74, 6) is 1.21. The van der Waals surface area contributed by atoms with Gasteiger partial charge in [0, 0.05) is 21.4 Å². The molecule has 0 N–H and O–H groups in total. The summed E-state index contributed by atoms with van der Waals surface area (Å²) in [6.45, 7) is 9.34. The Morgan fingerprint density at radius 1 is 0.512 bits per heavy atom. The Morgan fingerprint density at radius 3 is 1.30 bits per heavy atom. The van der Waals surface area contributed by atoms with Crippen LogP contribution >= 0.6 is 0 Å². The van der Waals surface area contributed by atoms with Crippen molar-refractivity contribution in [2.24, 2.45) is 0 Å². The number of rotatable bonds is 12. The highest BCUT2D eigenvalue weighted by atomic mass is 28.2. The van der Waals surface area contributed by atoms with E-state index in [0.29, 0.717) is 11.8 Å². The van der Waals surface area contributed by atoms with Gasteiger partial charge in [0.1, 0.15) is 0 Å².